The number of hydrogen-bond acceptors (Lipinski definition) is 4. The Balaban J connectivity index is 2.90. The zero-order valence-corrected chi connectivity index (χ0v) is 10.1. The molecule has 1 aromatic heterocycles. The highest BCUT2D eigenvalue weighted by Gasteiger charge is 2.13. The van der Waals surface area contributed by atoms with E-state index in [4.69, 9.17) is 11.1 Å². The Bertz CT molecular complexity index is 363. The minimum Gasteiger partial charge on any atom is -0.382 e. The Morgan fingerprint density at radius 3 is 2.69 bits per heavy atom. The summed E-state index contributed by atoms with van der Waals surface area (Å²) in [5.74, 6) is 1.21. The fraction of sp³-hybridized carbons (Fsp3) is 0.545. The predicted octanol–water partition coefficient (Wildman–Crippen LogP) is 1.24. The lowest BCUT2D eigenvalue weighted by molar-refractivity contribution is 0.557. The molecule has 1 atom stereocenters. The highest BCUT2D eigenvalue weighted by molar-refractivity contribution is 5.97. The van der Waals surface area contributed by atoms with Crippen LogP contribution in [0.3, 0.4) is 0 Å². The Labute approximate surface area is 96.2 Å². The summed E-state index contributed by atoms with van der Waals surface area (Å²) in [5, 5.41) is 7.45. The van der Waals surface area contributed by atoms with Gasteiger partial charge >= 0.3 is 0 Å². The summed E-state index contributed by atoms with van der Waals surface area (Å²) in [7, 11) is 1.95. The molecule has 0 aliphatic rings. The molecule has 0 aromatic carbocycles. The van der Waals surface area contributed by atoms with Crippen LogP contribution in [0.15, 0.2) is 12.4 Å². The fourth-order valence-electron chi connectivity index (χ4n) is 1.48. The van der Waals surface area contributed by atoms with Crippen LogP contribution in [0, 0.1) is 11.3 Å². The molecule has 0 fully saturated rings. The summed E-state index contributed by atoms with van der Waals surface area (Å²) < 4.78 is 0. The number of nitrogens with zero attached hydrogens (tertiary/aromatic N) is 3. The van der Waals surface area contributed by atoms with Gasteiger partial charge in [-0.1, -0.05) is 20.3 Å². The summed E-state index contributed by atoms with van der Waals surface area (Å²) >= 11 is 0. The molecule has 16 heavy (non-hydrogen) atoms. The summed E-state index contributed by atoms with van der Waals surface area (Å²) in [5.41, 5.74) is 5.92. The molecule has 0 saturated heterocycles. The van der Waals surface area contributed by atoms with Crippen molar-refractivity contribution in [2.45, 2.75) is 20.3 Å². The molecule has 1 heterocycles. The van der Waals surface area contributed by atoms with Gasteiger partial charge in [-0.15, -0.1) is 0 Å². The maximum absolute atomic E-state index is 7.45. The number of hydrogen-bond donors (Lipinski definition) is 2. The first-order chi connectivity index (χ1) is 7.56. The second-order valence-electron chi connectivity index (χ2n) is 4.04. The average molecular weight is 221 g/mol. The quantitative estimate of drug-likeness (QED) is 0.579. The van der Waals surface area contributed by atoms with Gasteiger partial charge < -0.3 is 10.6 Å². The van der Waals surface area contributed by atoms with Crippen molar-refractivity contribution in [3.05, 3.63) is 18.1 Å². The second-order valence-corrected chi connectivity index (χ2v) is 4.04. The highest BCUT2D eigenvalue weighted by atomic mass is 15.2. The normalized spacial score (nSPS) is 12.2. The molecule has 0 bridgehead atoms. The minimum atomic E-state index is -0.0425. The van der Waals surface area contributed by atoms with Gasteiger partial charge in [0.1, 0.15) is 11.5 Å². The van der Waals surface area contributed by atoms with Crippen LogP contribution in [0.5, 0.6) is 0 Å². The summed E-state index contributed by atoms with van der Waals surface area (Å²) in [6.45, 7) is 5.22. The van der Waals surface area contributed by atoms with Gasteiger partial charge in [0.25, 0.3) is 0 Å². The lowest BCUT2D eigenvalue weighted by Crippen LogP contribution is -2.28. The zero-order valence-electron chi connectivity index (χ0n) is 10.1. The lowest BCUT2D eigenvalue weighted by Gasteiger charge is -2.22. The van der Waals surface area contributed by atoms with Gasteiger partial charge in [-0.3, -0.25) is 5.41 Å². The van der Waals surface area contributed by atoms with Gasteiger partial charge in [-0.25, -0.2) is 9.97 Å². The third-order valence-corrected chi connectivity index (χ3v) is 2.58. The van der Waals surface area contributed by atoms with Crippen molar-refractivity contribution in [3.63, 3.8) is 0 Å². The Morgan fingerprint density at radius 2 is 2.12 bits per heavy atom. The molecule has 5 heteroatoms. The summed E-state index contributed by atoms with van der Waals surface area (Å²) in [6.07, 6.45) is 4.28. The number of rotatable bonds is 5. The van der Waals surface area contributed by atoms with E-state index in [1.54, 1.807) is 12.4 Å². The Morgan fingerprint density at radius 1 is 1.50 bits per heavy atom. The zero-order chi connectivity index (χ0) is 12.1. The topological polar surface area (TPSA) is 78.9 Å². The summed E-state index contributed by atoms with van der Waals surface area (Å²) in [6, 6.07) is 0. The summed E-state index contributed by atoms with van der Waals surface area (Å²) in [4.78, 5) is 10.3. The van der Waals surface area contributed by atoms with Crippen molar-refractivity contribution in [1.82, 2.24) is 9.97 Å². The molecule has 0 saturated carbocycles. The van der Waals surface area contributed by atoms with Crippen molar-refractivity contribution >= 4 is 11.7 Å². The maximum Gasteiger partial charge on any atom is 0.158 e. The van der Waals surface area contributed by atoms with E-state index in [0.717, 1.165) is 13.0 Å². The van der Waals surface area contributed by atoms with Crippen LogP contribution in [-0.2, 0) is 0 Å². The van der Waals surface area contributed by atoms with Gasteiger partial charge in [-0.05, 0) is 5.92 Å². The molecule has 3 N–H and O–H groups in total. The molecule has 1 rings (SSSR count). The lowest BCUT2D eigenvalue weighted by atomic mass is 10.1. The fourth-order valence-corrected chi connectivity index (χ4v) is 1.48. The van der Waals surface area contributed by atoms with Gasteiger partial charge in [0.05, 0.1) is 0 Å². The van der Waals surface area contributed by atoms with E-state index in [0.29, 0.717) is 17.4 Å². The van der Waals surface area contributed by atoms with Crippen molar-refractivity contribution in [2.75, 3.05) is 18.5 Å². The Kier molecular flexibility index (Phi) is 4.22. The van der Waals surface area contributed by atoms with Crippen molar-refractivity contribution in [2.24, 2.45) is 11.7 Å². The van der Waals surface area contributed by atoms with E-state index in [1.165, 1.54) is 0 Å². The molecule has 5 nitrogen and oxygen atoms in total. The van der Waals surface area contributed by atoms with E-state index in [-0.39, 0.29) is 5.84 Å². The molecule has 0 aliphatic heterocycles. The van der Waals surface area contributed by atoms with Gasteiger partial charge in [0.2, 0.25) is 0 Å². The molecular weight excluding hydrogens is 202 g/mol. The molecular formula is C11H19N5. The van der Waals surface area contributed by atoms with Crippen LogP contribution >= 0.6 is 0 Å². The molecule has 88 valence electrons. The third-order valence-electron chi connectivity index (χ3n) is 2.58. The number of aromatic nitrogens is 2. The van der Waals surface area contributed by atoms with Gasteiger partial charge in [0.15, 0.2) is 5.82 Å². The highest BCUT2D eigenvalue weighted by Crippen LogP contribution is 2.15. The largest absolute Gasteiger partial charge is 0.382 e. The van der Waals surface area contributed by atoms with Gasteiger partial charge in [0, 0.05) is 26.0 Å². The number of nitrogens with two attached hydrogens (primary N) is 1. The van der Waals surface area contributed by atoms with Crippen LogP contribution in [0.1, 0.15) is 26.0 Å². The monoisotopic (exact) mass is 221 g/mol. The third kappa shape index (κ3) is 2.92. The van der Waals surface area contributed by atoms with E-state index in [1.807, 2.05) is 11.9 Å². The minimum absolute atomic E-state index is 0.0425. The molecule has 0 aliphatic carbocycles. The first-order valence-corrected chi connectivity index (χ1v) is 5.42. The Hall–Kier alpha value is -1.65. The van der Waals surface area contributed by atoms with Crippen LogP contribution in [0.2, 0.25) is 0 Å². The number of nitrogens with one attached hydrogen (secondary N) is 1. The van der Waals surface area contributed by atoms with Gasteiger partial charge in [-0.2, -0.15) is 0 Å². The molecule has 0 spiro atoms. The number of nitrogen functional groups attached to an aromatic ring is 1. The van der Waals surface area contributed by atoms with E-state index < -0.39 is 0 Å². The van der Waals surface area contributed by atoms with Crippen LogP contribution < -0.4 is 10.6 Å². The predicted molar refractivity (Wildman–Crippen MR) is 65.8 cm³/mol. The maximum atomic E-state index is 7.45. The first kappa shape index (κ1) is 12.4. The van der Waals surface area contributed by atoms with E-state index in [9.17, 15) is 0 Å². The van der Waals surface area contributed by atoms with Crippen molar-refractivity contribution in [1.29, 1.82) is 5.41 Å². The number of anilines is 1. The van der Waals surface area contributed by atoms with Crippen molar-refractivity contribution < 1.29 is 0 Å². The number of amidine groups is 1. The van der Waals surface area contributed by atoms with Crippen LogP contribution in [0.4, 0.5) is 5.82 Å². The second kappa shape index (κ2) is 5.44. The van der Waals surface area contributed by atoms with E-state index >= 15 is 0 Å². The SMILES string of the molecule is CCC(C)CN(C)c1nccnc1C(=N)N. The molecule has 0 amide bonds. The first-order valence-electron chi connectivity index (χ1n) is 5.42. The molecule has 0 radical (unpaired) electrons. The standard InChI is InChI=1S/C11H19N5/c1-4-8(2)7-16(3)11-9(10(12)13)14-5-6-15-11/h5-6,8H,4,7H2,1-3H3,(H3,12,13). The van der Waals surface area contributed by atoms with Crippen LogP contribution in [-0.4, -0.2) is 29.4 Å². The van der Waals surface area contributed by atoms with Crippen molar-refractivity contribution in [3.8, 4) is 0 Å². The van der Waals surface area contributed by atoms with E-state index in [2.05, 4.69) is 23.8 Å². The van der Waals surface area contributed by atoms with Crippen LogP contribution in [0.25, 0.3) is 0 Å². The average Bonchev–Trinajstić information content (AvgIpc) is 2.28. The molecule has 1 aromatic rings. The molecule has 1 unspecified atom stereocenters. The smallest absolute Gasteiger partial charge is 0.158 e.